The summed E-state index contributed by atoms with van der Waals surface area (Å²) < 4.78 is 19.0. The summed E-state index contributed by atoms with van der Waals surface area (Å²) in [5, 5.41) is 3.53. The van der Waals surface area contributed by atoms with Crippen LogP contribution < -0.4 is 10.6 Å². The number of hydrogen-bond donors (Lipinski definition) is 2. The van der Waals surface area contributed by atoms with Gasteiger partial charge in [-0.3, -0.25) is 14.4 Å². The van der Waals surface area contributed by atoms with Crippen LogP contribution in [0.25, 0.3) is 0 Å². The van der Waals surface area contributed by atoms with Crippen molar-refractivity contribution in [2.24, 2.45) is 23.2 Å². The average Bonchev–Trinajstić information content (AvgIpc) is 3.49. The summed E-state index contributed by atoms with van der Waals surface area (Å²) in [4.78, 5) is 52.1. The maximum absolute atomic E-state index is 14.1. The van der Waals surface area contributed by atoms with E-state index < -0.39 is 35.3 Å². The number of hydrogen-bond acceptors (Lipinski definition) is 6. The van der Waals surface area contributed by atoms with E-state index in [2.05, 4.69) is 5.32 Å². The molecule has 8 heteroatoms. The molecule has 2 aliphatic rings. The summed E-state index contributed by atoms with van der Waals surface area (Å²) in [5.41, 5.74) is 0.331. The monoisotopic (exact) mass is 515 g/mol. The Morgan fingerprint density at radius 3 is 2.35 bits per heavy atom. The molecule has 2 N–H and O–H groups in total. The number of rotatable bonds is 13. The van der Waals surface area contributed by atoms with Crippen molar-refractivity contribution < 1.29 is 30.1 Å². The van der Waals surface area contributed by atoms with Gasteiger partial charge in [0.2, 0.25) is 11.8 Å². The molecule has 0 radical (unpaired) electrons. The van der Waals surface area contributed by atoms with Crippen LogP contribution in [-0.2, 0) is 35.1 Å². The van der Waals surface area contributed by atoms with Crippen molar-refractivity contribution >= 4 is 23.8 Å². The highest BCUT2D eigenvalue weighted by molar-refractivity contribution is 5.93. The second kappa shape index (κ2) is 13.1. The van der Waals surface area contributed by atoms with E-state index in [4.69, 9.17) is 10.9 Å². The molecule has 0 saturated heterocycles. The molecule has 2 fully saturated rings. The van der Waals surface area contributed by atoms with Crippen LogP contribution in [-0.4, -0.2) is 49.1 Å². The summed E-state index contributed by atoms with van der Waals surface area (Å²) in [7, 11) is 0. The molecule has 1 aromatic rings. The molecule has 0 aliphatic heterocycles. The van der Waals surface area contributed by atoms with Gasteiger partial charge in [-0.05, 0) is 69.3 Å². The number of carbonyl (C=O) groups excluding carboxylic acids is 4. The molecule has 8 nitrogen and oxygen atoms in total. The van der Waals surface area contributed by atoms with E-state index >= 15 is 0 Å². The third kappa shape index (κ3) is 7.11. The van der Waals surface area contributed by atoms with E-state index in [1.165, 1.54) is 0 Å². The number of carbonyl (C=O) groups is 4. The van der Waals surface area contributed by atoms with Gasteiger partial charge in [0.1, 0.15) is 12.1 Å². The first-order chi connectivity index (χ1) is 18.1. The first-order valence-corrected chi connectivity index (χ1v) is 13.6. The highest BCUT2D eigenvalue weighted by atomic mass is 16.5. The van der Waals surface area contributed by atoms with Crippen LogP contribution in [0.1, 0.15) is 71.8 Å². The van der Waals surface area contributed by atoms with E-state index in [1.807, 2.05) is 30.3 Å². The topological polar surface area (TPSA) is 111 Å². The molecule has 204 valence electrons. The number of amides is 2. The maximum atomic E-state index is 14.1. The maximum Gasteiger partial charge on any atom is 0.328 e. The fourth-order valence-electron chi connectivity index (χ4n) is 5.97. The second-order valence-corrected chi connectivity index (χ2v) is 10.7. The third-order valence-corrected chi connectivity index (χ3v) is 7.75. The number of ether oxygens (including phenoxy) is 2. The van der Waals surface area contributed by atoms with E-state index in [0.717, 1.165) is 36.6 Å². The first kappa shape index (κ1) is 27.1. The molecule has 37 heavy (non-hydrogen) atoms. The van der Waals surface area contributed by atoms with Crippen molar-refractivity contribution in [3.05, 3.63) is 35.9 Å². The zero-order valence-electron chi connectivity index (χ0n) is 23.5. The van der Waals surface area contributed by atoms with Gasteiger partial charge in [0, 0.05) is 6.42 Å². The van der Waals surface area contributed by atoms with Crippen LogP contribution in [0.5, 0.6) is 0 Å². The van der Waals surface area contributed by atoms with Gasteiger partial charge in [-0.25, -0.2) is 4.79 Å². The first-order valence-electron chi connectivity index (χ1n) is 14.1. The molecule has 0 spiro atoms. The summed E-state index contributed by atoms with van der Waals surface area (Å²) >= 11 is 0. The molecule has 1 aromatic carbocycles. The van der Waals surface area contributed by atoms with Crippen LogP contribution in [0.4, 0.5) is 0 Å². The van der Waals surface area contributed by atoms with Gasteiger partial charge in [0.05, 0.1) is 18.6 Å². The molecule has 2 aliphatic carbocycles. The van der Waals surface area contributed by atoms with Crippen molar-refractivity contribution in [3.63, 3.8) is 0 Å². The zero-order chi connectivity index (χ0) is 27.9. The minimum Gasteiger partial charge on any atom is -0.466 e. The predicted octanol–water partition coefficient (Wildman–Crippen LogP) is 3.57. The van der Waals surface area contributed by atoms with Crippen molar-refractivity contribution in [1.82, 2.24) is 10.6 Å². The Bertz CT molecular complexity index is 987. The van der Waals surface area contributed by atoms with Gasteiger partial charge in [-0.1, -0.05) is 50.6 Å². The molecule has 0 aromatic heterocycles. The van der Waals surface area contributed by atoms with Gasteiger partial charge in [0.15, 0.2) is 1.41 Å². The van der Waals surface area contributed by atoms with Gasteiger partial charge in [-0.2, -0.15) is 0 Å². The summed E-state index contributed by atoms with van der Waals surface area (Å²) in [6.45, 7) is 7.24. The predicted molar refractivity (Wildman–Crippen MR) is 139 cm³/mol. The second-order valence-electron chi connectivity index (χ2n) is 10.7. The van der Waals surface area contributed by atoms with Crippen LogP contribution in [0.15, 0.2) is 30.3 Å². The Hall–Kier alpha value is -2.90. The fraction of sp³-hybridized carbons (Fsp3) is 0.655. The lowest BCUT2D eigenvalue weighted by atomic mass is 9.68. The molecule has 5 atom stereocenters. The molecule has 0 heterocycles. The van der Waals surface area contributed by atoms with Crippen molar-refractivity contribution in [2.45, 2.75) is 84.7 Å². The fourth-order valence-corrected chi connectivity index (χ4v) is 5.97. The summed E-state index contributed by atoms with van der Waals surface area (Å²) in [5.74, 6) is -1.82. The molecule has 2 bridgehead atoms. The van der Waals surface area contributed by atoms with Gasteiger partial charge in [-0.15, -0.1) is 0 Å². The quantitative estimate of drug-likeness (QED) is 0.389. The minimum atomic E-state index is -1.10. The number of fused-ring (bicyclic) bond motifs is 2. The van der Waals surface area contributed by atoms with Crippen LogP contribution in [0.2, 0.25) is 1.41 Å². The Morgan fingerprint density at radius 2 is 1.78 bits per heavy atom. The molecule has 2 amide bonds. The number of benzene rings is 1. The van der Waals surface area contributed by atoms with E-state index in [9.17, 15) is 19.2 Å². The lowest BCUT2D eigenvalue weighted by Gasteiger charge is -2.38. The highest BCUT2D eigenvalue weighted by Crippen LogP contribution is 2.57. The Balaban J connectivity index is 1.81. The molecular weight excluding hydrogens is 472 g/mol. The van der Waals surface area contributed by atoms with Crippen molar-refractivity contribution in [1.29, 1.82) is 0 Å². The normalized spacial score (nSPS) is 24.2. The Morgan fingerprint density at radius 1 is 1.08 bits per heavy atom. The van der Waals surface area contributed by atoms with Crippen LogP contribution in [0.3, 0.4) is 0 Å². The molecule has 3 rings (SSSR count). The highest BCUT2D eigenvalue weighted by Gasteiger charge is 2.55. The van der Waals surface area contributed by atoms with Crippen LogP contribution in [0, 0.1) is 23.2 Å². The lowest BCUT2D eigenvalue weighted by molar-refractivity contribution is -0.149. The number of esters is 2. The van der Waals surface area contributed by atoms with Gasteiger partial charge >= 0.3 is 11.9 Å². The van der Waals surface area contributed by atoms with Gasteiger partial charge < -0.3 is 20.1 Å². The van der Waals surface area contributed by atoms with Crippen molar-refractivity contribution in [3.8, 4) is 0 Å². The number of nitrogens with one attached hydrogen (secondary N) is 2. The molecule has 2 saturated carbocycles. The van der Waals surface area contributed by atoms with E-state index in [-0.39, 0.29) is 43.8 Å². The Kier molecular flexibility index (Phi) is 9.58. The molecule has 3 unspecified atom stereocenters. The van der Waals surface area contributed by atoms with Crippen molar-refractivity contribution in [2.75, 3.05) is 13.2 Å². The van der Waals surface area contributed by atoms with E-state index in [1.54, 1.807) is 27.7 Å². The molecular formula is C29H42N2O6. The zero-order valence-corrected chi connectivity index (χ0v) is 22.5. The summed E-state index contributed by atoms with van der Waals surface area (Å²) in [6.07, 6.45) is 4.22. The lowest BCUT2D eigenvalue weighted by Crippen LogP contribution is -2.57. The SMILES string of the molecule is [2H]N(C(=O)C1(Cc2ccccc2)CC2CCC1C2)[C@H](C(=O)N[C@@H](CCC(=O)OCC)C(=O)OCC)C(C)C. The average molecular weight is 516 g/mol. The third-order valence-electron chi connectivity index (χ3n) is 7.75. The largest absolute Gasteiger partial charge is 0.466 e. The smallest absolute Gasteiger partial charge is 0.328 e. The van der Waals surface area contributed by atoms with Crippen LogP contribution >= 0.6 is 0 Å². The Labute approximate surface area is 221 Å². The standard InChI is InChI=1S/C29H42N2O6/c1-5-36-24(32)15-14-23(27(34)37-6-2)30-26(33)25(19(3)4)31-28(35)29(17-20-10-8-7-9-11-20)18-21-12-13-22(29)16-21/h7-11,19,21-23,25H,5-6,12-18H2,1-4H3,(H,30,33)(H,31,35)/t21?,22?,23-,25-,29?/m0/s1/i/hD. The van der Waals surface area contributed by atoms with Gasteiger partial charge in [0.25, 0.3) is 0 Å². The summed E-state index contributed by atoms with van der Waals surface area (Å²) in [6, 6.07) is 7.68. The minimum absolute atomic E-state index is 0.00185. The van der Waals surface area contributed by atoms with E-state index in [0.29, 0.717) is 12.3 Å².